The maximum atomic E-state index is 12.5. The smallest absolute Gasteiger partial charge is 0.306 e. The Labute approximate surface area is 139 Å². The molecule has 2 aromatic rings. The van der Waals surface area contributed by atoms with Gasteiger partial charge in [0.05, 0.1) is 24.8 Å². The van der Waals surface area contributed by atoms with E-state index in [4.69, 9.17) is 9.84 Å². The largest absolute Gasteiger partial charge is 0.493 e. The van der Waals surface area contributed by atoms with Crippen LogP contribution in [0.5, 0.6) is 5.75 Å². The summed E-state index contributed by atoms with van der Waals surface area (Å²) in [5.41, 5.74) is 3.25. The van der Waals surface area contributed by atoms with E-state index in [0.717, 1.165) is 23.3 Å². The van der Waals surface area contributed by atoms with Crippen molar-refractivity contribution in [2.45, 2.75) is 19.3 Å². The molecular weight excluding hydrogens is 308 g/mol. The Bertz CT molecular complexity index is 820. The van der Waals surface area contributed by atoms with Crippen molar-refractivity contribution in [3.8, 4) is 5.75 Å². The van der Waals surface area contributed by atoms with Crippen LogP contribution in [0.2, 0.25) is 0 Å². The summed E-state index contributed by atoms with van der Waals surface area (Å²) in [5, 5.41) is 12.8. The number of carbonyl (C=O) groups excluding carboxylic acids is 1. The van der Waals surface area contributed by atoms with E-state index in [2.05, 4.69) is 5.10 Å². The molecule has 0 saturated carbocycles. The Balaban J connectivity index is 1.77. The fraction of sp³-hybridized carbons (Fsp3) is 0.278. The van der Waals surface area contributed by atoms with Gasteiger partial charge in [-0.2, -0.15) is 5.10 Å². The number of carbonyl (C=O) groups is 2. The summed E-state index contributed by atoms with van der Waals surface area (Å²) >= 11 is 0. The molecule has 0 atom stereocenters. The van der Waals surface area contributed by atoms with Gasteiger partial charge in [0, 0.05) is 18.3 Å². The van der Waals surface area contributed by atoms with Crippen molar-refractivity contribution in [2.24, 2.45) is 7.05 Å². The fourth-order valence-corrected chi connectivity index (χ4v) is 2.78. The second kappa shape index (κ2) is 6.70. The highest BCUT2D eigenvalue weighted by molar-refractivity contribution is 6.12. The maximum Gasteiger partial charge on any atom is 0.306 e. The zero-order valence-electron chi connectivity index (χ0n) is 13.4. The zero-order chi connectivity index (χ0) is 17.1. The van der Waals surface area contributed by atoms with Gasteiger partial charge in [0.2, 0.25) is 0 Å². The molecular formula is C18H18N2O4. The van der Waals surface area contributed by atoms with Gasteiger partial charge >= 0.3 is 5.97 Å². The van der Waals surface area contributed by atoms with Crippen LogP contribution in [0, 0.1) is 0 Å². The molecule has 6 nitrogen and oxygen atoms in total. The number of rotatable bonds is 5. The van der Waals surface area contributed by atoms with Crippen LogP contribution < -0.4 is 4.74 Å². The lowest BCUT2D eigenvalue weighted by molar-refractivity contribution is -0.137. The van der Waals surface area contributed by atoms with Gasteiger partial charge < -0.3 is 9.84 Å². The molecule has 1 aliphatic carbocycles. The molecule has 0 saturated heterocycles. The molecule has 0 radical (unpaired) electrons. The van der Waals surface area contributed by atoms with Gasteiger partial charge in [-0.3, -0.25) is 14.3 Å². The van der Waals surface area contributed by atoms with Gasteiger partial charge in [0.1, 0.15) is 5.75 Å². The molecule has 0 unspecified atom stereocenters. The van der Waals surface area contributed by atoms with Crippen LogP contribution in [0.1, 0.15) is 34.5 Å². The average Bonchev–Trinajstić information content (AvgIpc) is 2.92. The van der Waals surface area contributed by atoms with E-state index in [1.54, 1.807) is 23.0 Å². The number of aryl methyl sites for hydroxylation is 1. The molecule has 0 amide bonds. The normalized spacial score (nSPS) is 15.4. The predicted octanol–water partition coefficient (Wildman–Crippen LogP) is 2.49. The molecule has 124 valence electrons. The van der Waals surface area contributed by atoms with Gasteiger partial charge in [-0.05, 0) is 36.6 Å². The van der Waals surface area contributed by atoms with Crippen molar-refractivity contribution >= 4 is 17.8 Å². The van der Waals surface area contributed by atoms with E-state index >= 15 is 0 Å². The molecule has 1 aliphatic rings. The van der Waals surface area contributed by atoms with E-state index in [1.807, 2.05) is 25.3 Å². The van der Waals surface area contributed by atoms with Crippen LogP contribution in [-0.4, -0.2) is 33.2 Å². The number of ether oxygens (including phenoxy) is 1. The summed E-state index contributed by atoms with van der Waals surface area (Å²) < 4.78 is 7.18. The van der Waals surface area contributed by atoms with Crippen molar-refractivity contribution < 1.29 is 19.4 Å². The lowest BCUT2D eigenvalue weighted by Crippen LogP contribution is -2.14. The standard InChI is InChI=1S/C18H18N2O4/c1-20-16-6-5-13(18(23)15(16)11-19-20)9-12-3-2-4-14(10-12)24-8-7-17(21)22/h2-4,9-11H,5-8H2,1H3,(H,21,22)/b13-9-. The highest BCUT2D eigenvalue weighted by Crippen LogP contribution is 2.27. The molecule has 1 aromatic heterocycles. The number of hydrogen-bond acceptors (Lipinski definition) is 4. The fourth-order valence-electron chi connectivity index (χ4n) is 2.78. The predicted molar refractivity (Wildman–Crippen MR) is 88.0 cm³/mol. The summed E-state index contributed by atoms with van der Waals surface area (Å²) in [6.45, 7) is 0.118. The summed E-state index contributed by atoms with van der Waals surface area (Å²) in [7, 11) is 1.85. The van der Waals surface area contributed by atoms with E-state index < -0.39 is 5.97 Å². The minimum absolute atomic E-state index is 0.0153. The van der Waals surface area contributed by atoms with Crippen LogP contribution in [0.25, 0.3) is 6.08 Å². The first-order valence-electron chi connectivity index (χ1n) is 7.75. The highest BCUT2D eigenvalue weighted by Gasteiger charge is 2.24. The molecule has 0 bridgehead atoms. The van der Waals surface area contributed by atoms with Crippen molar-refractivity contribution in [1.29, 1.82) is 0 Å². The van der Waals surface area contributed by atoms with Crippen LogP contribution in [0.3, 0.4) is 0 Å². The van der Waals surface area contributed by atoms with Gasteiger partial charge in [-0.1, -0.05) is 12.1 Å². The van der Waals surface area contributed by atoms with E-state index in [1.165, 1.54) is 0 Å². The molecule has 24 heavy (non-hydrogen) atoms. The summed E-state index contributed by atoms with van der Waals surface area (Å²) in [4.78, 5) is 23.1. The third kappa shape index (κ3) is 3.37. The van der Waals surface area contributed by atoms with Crippen LogP contribution >= 0.6 is 0 Å². The van der Waals surface area contributed by atoms with Crippen LogP contribution in [-0.2, 0) is 18.3 Å². The first-order chi connectivity index (χ1) is 11.5. The second-order valence-electron chi connectivity index (χ2n) is 5.69. The molecule has 1 heterocycles. The van der Waals surface area contributed by atoms with E-state index in [-0.39, 0.29) is 18.8 Å². The number of fused-ring (bicyclic) bond motifs is 1. The zero-order valence-corrected chi connectivity index (χ0v) is 13.4. The quantitative estimate of drug-likeness (QED) is 0.854. The number of nitrogens with zero attached hydrogens (tertiary/aromatic N) is 2. The average molecular weight is 326 g/mol. The van der Waals surface area contributed by atoms with Crippen molar-refractivity contribution in [3.63, 3.8) is 0 Å². The Kier molecular flexibility index (Phi) is 4.46. The monoisotopic (exact) mass is 326 g/mol. The number of benzene rings is 1. The molecule has 1 aromatic carbocycles. The number of allylic oxidation sites excluding steroid dienone is 1. The number of Topliss-reactive ketones (excluding diaryl/α,β-unsaturated/α-hetero) is 1. The topological polar surface area (TPSA) is 81.4 Å². The molecule has 0 fully saturated rings. The van der Waals surface area contributed by atoms with Gasteiger partial charge in [-0.15, -0.1) is 0 Å². The lowest BCUT2D eigenvalue weighted by Gasteiger charge is -2.14. The van der Waals surface area contributed by atoms with Crippen LogP contribution in [0.4, 0.5) is 0 Å². The van der Waals surface area contributed by atoms with Gasteiger partial charge in [0.15, 0.2) is 5.78 Å². The first kappa shape index (κ1) is 16.0. The third-order valence-electron chi connectivity index (χ3n) is 4.01. The van der Waals surface area contributed by atoms with E-state index in [9.17, 15) is 9.59 Å². The summed E-state index contributed by atoms with van der Waals surface area (Å²) in [6.07, 6.45) is 4.90. The second-order valence-corrected chi connectivity index (χ2v) is 5.69. The SMILES string of the molecule is Cn1ncc2c1CC/C(=C/c1cccc(OCCC(=O)O)c1)C2=O. The Morgan fingerprint density at radius 3 is 3.04 bits per heavy atom. The number of aromatic nitrogens is 2. The van der Waals surface area contributed by atoms with Crippen molar-refractivity contribution in [1.82, 2.24) is 9.78 Å². The Morgan fingerprint density at radius 2 is 2.25 bits per heavy atom. The van der Waals surface area contributed by atoms with Crippen molar-refractivity contribution in [2.75, 3.05) is 6.61 Å². The molecule has 0 aliphatic heterocycles. The third-order valence-corrected chi connectivity index (χ3v) is 4.01. The summed E-state index contributed by atoms with van der Waals surface area (Å²) in [6, 6.07) is 7.29. The maximum absolute atomic E-state index is 12.5. The van der Waals surface area contributed by atoms with Crippen LogP contribution in [0.15, 0.2) is 36.0 Å². The molecule has 3 rings (SSSR count). The minimum Gasteiger partial charge on any atom is -0.493 e. The number of hydrogen-bond donors (Lipinski definition) is 1. The molecule has 0 spiro atoms. The molecule has 6 heteroatoms. The summed E-state index contributed by atoms with van der Waals surface area (Å²) in [5.74, 6) is -0.286. The minimum atomic E-state index is -0.895. The van der Waals surface area contributed by atoms with E-state index in [0.29, 0.717) is 17.7 Å². The number of carboxylic acid groups (broad SMARTS) is 1. The first-order valence-corrected chi connectivity index (χ1v) is 7.75. The Morgan fingerprint density at radius 1 is 1.42 bits per heavy atom. The number of ketones is 1. The van der Waals surface area contributed by atoms with Gasteiger partial charge in [-0.25, -0.2) is 0 Å². The Hall–Kier alpha value is -2.89. The number of aliphatic carboxylic acids is 1. The lowest BCUT2D eigenvalue weighted by atomic mass is 9.90. The highest BCUT2D eigenvalue weighted by atomic mass is 16.5. The van der Waals surface area contributed by atoms with Crippen molar-refractivity contribution in [3.05, 3.63) is 52.9 Å². The molecule has 1 N–H and O–H groups in total. The van der Waals surface area contributed by atoms with Gasteiger partial charge in [0.25, 0.3) is 0 Å². The number of carboxylic acids is 1.